The van der Waals surface area contributed by atoms with Gasteiger partial charge in [-0.3, -0.25) is 15.0 Å². The highest BCUT2D eigenvalue weighted by molar-refractivity contribution is 6.31. The molecule has 5 rings (SSSR count). The first-order chi connectivity index (χ1) is 19.3. The highest BCUT2D eigenvalue weighted by Crippen LogP contribution is 2.42. The number of ether oxygens (including phenoxy) is 1. The Morgan fingerprint density at radius 2 is 1.25 bits per heavy atom. The number of rotatable bonds is 7. The van der Waals surface area contributed by atoms with Crippen LogP contribution in [0.25, 0.3) is 0 Å². The number of nitrogens with zero attached hydrogens (tertiary/aromatic N) is 1. The standard InChI is InChI=1S/C31H24Cl3FN2O3/c32-23-9-1-20(2-10-23)18-28(38)36-37-29(21-5-11-24(33)12-6-21)30(22-7-13-25(34)14-8-22)40-27(31(37)39)17-19-3-15-26(35)16-4-19/h1-16,27,29-30H,17-18H2,(H,36,38)/t27-,29+,30-/m1/s1. The first-order valence-corrected chi connectivity index (χ1v) is 13.7. The Hall–Kier alpha value is -3.42. The molecular weight excluding hydrogens is 574 g/mol. The molecule has 0 spiro atoms. The number of hydrazine groups is 1. The quantitative estimate of drug-likeness (QED) is 0.243. The first kappa shape index (κ1) is 28.1. The van der Waals surface area contributed by atoms with Crippen molar-refractivity contribution in [2.75, 3.05) is 0 Å². The molecular formula is C31H24Cl3FN2O3. The summed E-state index contributed by atoms with van der Waals surface area (Å²) in [7, 11) is 0. The lowest BCUT2D eigenvalue weighted by atomic mass is 9.91. The third-order valence-corrected chi connectivity index (χ3v) is 7.41. The Morgan fingerprint density at radius 1 is 0.750 bits per heavy atom. The highest BCUT2D eigenvalue weighted by Gasteiger charge is 2.45. The van der Waals surface area contributed by atoms with Crippen molar-refractivity contribution in [3.63, 3.8) is 0 Å². The van der Waals surface area contributed by atoms with E-state index in [1.807, 2.05) is 12.1 Å². The van der Waals surface area contributed by atoms with E-state index < -0.39 is 24.2 Å². The van der Waals surface area contributed by atoms with Crippen LogP contribution in [0.15, 0.2) is 97.1 Å². The summed E-state index contributed by atoms with van der Waals surface area (Å²) in [4.78, 5) is 27.2. The molecule has 0 aromatic heterocycles. The van der Waals surface area contributed by atoms with Crippen LogP contribution in [0.5, 0.6) is 0 Å². The van der Waals surface area contributed by atoms with E-state index in [9.17, 15) is 14.0 Å². The Kier molecular flexibility index (Phi) is 8.72. The van der Waals surface area contributed by atoms with Gasteiger partial charge in [-0.15, -0.1) is 0 Å². The SMILES string of the molecule is O=C(Cc1ccc(Cl)cc1)NN1C(=O)[C@@H](Cc2ccc(F)cc2)O[C@H](c2ccc(Cl)cc2)[C@@H]1c1ccc(Cl)cc1. The number of amides is 2. The summed E-state index contributed by atoms with van der Waals surface area (Å²) in [5.41, 5.74) is 5.77. The van der Waals surface area contributed by atoms with Crippen LogP contribution in [-0.2, 0) is 27.2 Å². The fraction of sp³-hybridized carbons (Fsp3) is 0.161. The van der Waals surface area contributed by atoms with Crippen molar-refractivity contribution in [1.82, 2.24) is 10.4 Å². The van der Waals surface area contributed by atoms with Crippen LogP contribution in [0.2, 0.25) is 15.1 Å². The van der Waals surface area contributed by atoms with Crippen LogP contribution in [0.4, 0.5) is 4.39 Å². The molecule has 2 amide bonds. The van der Waals surface area contributed by atoms with E-state index in [1.165, 1.54) is 17.1 Å². The minimum atomic E-state index is -0.953. The molecule has 9 heteroatoms. The number of hydrogen-bond acceptors (Lipinski definition) is 3. The van der Waals surface area contributed by atoms with Crippen LogP contribution in [0.3, 0.4) is 0 Å². The molecule has 0 bridgehead atoms. The second-order valence-electron chi connectivity index (χ2n) is 9.47. The van der Waals surface area contributed by atoms with Gasteiger partial charge in [-0.25, -0.2) is 9.40 Å². The molecule has 40 heavy (non-hydrogen) atoms. The molecule has 1 aliphatic heterocycles. The summed E-state index contributed by atoms with van der Waals surface area (Å²) in [5.74, 6) is -1.19. The molecule has 5 nitrogen and oxygen atoms in total. The van der Waals surface area contributed by atoms with Gasteiger partial charge in [0.2, 0.25) is 5.91 Å². The summed E-state index contributed by atoms with van der Waals surface area (Å²) in [6.07, 6.45) is -1.41. The van der Waals surface area contributed by atoms with Crippen molar-refractivity contribution in [3.05, 3.63) is 140 Å². The summed E-state index contributed by atoms with van der Waals surface area (Å²) >= 11 is 18.3. The topological polar surface area (TPSA) is 58.6 Å². The second-order valence-corrected chi connectivity index (χ2v) is 10.8. The van der Waals surface area contributed by atoms with E-state index in [-0.39, 0.29) is 24.6 Å². The van der Waals surface area contributed by atoms with E-state index in [0.29, 0.717) is 26.2 Å². The summed E-state index contributed by atoms with van der Waals surface area (Å²) in [6.45, 7) is 0. The molecule has 1 N–H and O–H groups in total. The van der Waals surface area contributed by atoms with Crippen molar-refractivity contribution < 1.29 is 18.7 Å². The van der Waals surface area contributed by atoms with Gasteiger partial charge in [-0.1, -0.05) is 83.3 Å². The number of hydrogen-bond donors (Lipinski definition) is 1. The minimum absolute atomic E-state index is 0.0311. The van der Waals surface area contributed by atoms with Gasteiger partial charge in [0.05, 0.1) is 6.42 Å². The molecule has 0 radical (unpaired) electrons. The van der Waals surface area contributed by atoms with Crippen molar-refractivity contribution in [2.24, 2.45) is 0 Å². The largest absolute Gasteiger partial charge is 0.357 e. The predicted molar refractivity (Wildman–Crippen MR) is 154 cm³/mol. The fourth-order valence-corrected chi connectivity index (χ4v) is 5.07. The Labute approximate surface area is 246 Å². The van der Waals surface area contributed by atoms with Gasteiger partial charge in [0.15, 0.2) is 0 Å². The molecule has 1 saturated heterocycles. The highest BCUT2D eigenvalue weighted by atomic mass is 35.5. The van der Waals surface area contributed by atoms with Gasteiger partial charge >= 0.3 is 0 Å². The zero-order valence-electron chi connectivity index (χ0n) is 21.1. The van der Waals surface area contributed by atoms with Crippen LogP contribution in [0.1, 0.15) is 34.4 Å². The van der Waals surface area contributed by atoms with Crippen molar-refractivity contribution in [3.8, 4) is 0 Å². The molecule has 204 valence electrons. The third kappa shape index (κ3) is 6.65. The predicted octanol–water partition coefficient (Wildman–Crippen LogP) is 7.31. The number of carbonyl (C=O) groups is 2. The van der Waals surface area contributed by atoms with Gasteiger partial charge in [-0.2, -0.15) is 0 Å². The average molecular weight is 598 g/mol. The zero-order valence-corrected chi connectivity index (χ0v) is 23.3. The van der Waals surface area contributed by atoms with Crippen LogP contribution in [-0.4, -0.2) is 22.9 Å². The van der Waals surface area contributed by atoms with Gasteiger partial charge in [-0.05, 0) is 70.8 Å². The Morgan fingerprint density at radius 3 is 1.82 bits per heavy atom. The van der Waals surface area contributed by atoms with Gasteiger partial charge in [0.25, 0.3) is 5.91 Å². The van der Waals surface area contributed by atoms with Crippen molar-refractivity contribution in [2.45, 2.75) is 31.1 Å². The second kappa shape index (κ2) is 12.4. The molecule has 0 aliphatic carbocycles. The van der Waals surface area contributed by atoms with Crippen LogP contribution >= 0.6 is 34.8 Å². The van der Waals surface area contributed by atoms with E-state index >= 15 is 0 Å². The molecule has 0 unspecified atom stereocenters. The third-order valence-electron chi connectivity index (χ3n) is 6.66. The van der Waals surface area contributed by atoms with Gasteiger partial charge in [0.1, 0.15) is 24.1 Å². The lowest BCUT2D eigenvalue weighted by Gasteiger charge is -2.44. The lowest BCUT2D eigenvalue weighted by molar-refractivity contribution is -0.183. The number of carbonyl (C=O) groups excluding carboxylic acids is 2. The monoisotopic (exact) mass is 596 g/mol. The van der Waals surface area contributed by atoms with E-state index in [1.54, 1.807) is 72.8 Å². The maximum Gasteiger partial charge on any atom is 0.271 e. The molecule has 1 fully saturated rings. The Bertz CT molecular complexity index is 1480. The minimum Gasteiger partial charge on any atom is -0.357 e. The summed E-state index contributed by atoms with van der Waals surface area (Å²) in [5, 5.41) is 2.99. The smallest absolute Gasteiger partial charge is 0.271 e. The number of morpholine rings is 1. The number of halogens is 4. The summed E-state index contributed by atoms with van der Waals surface area (Å²) < 4.78 is 20.0. The van der Waals surface area contributed by atoms with Gasteiger partial charge < -0.3 is 4.74 Å². The van der Waals surface area contributed by atoms with Crippen LogP contribution in [0, 0.1) is 5.82 Å². The van der Waals surface area contributed by atoms with Crippen molar-refractivity contribution in [1.29, 1.82) is 0 Å². The molecule has 4 aromatic carbocycles. The zero-order chi connectivity index (χ0) is 28.2. The number of nitrogens with one attached hydrogen (secondary N) is 1. The van der Waals surface area contributed by atoms with Gasteiger partial charge in [0, 0.05) is 21.5 Å². The molecule has 1 heterocycles. The number of benzene rings is 4. The maximum atomic E-state index is 14.0. The van der Waals surface area contributed by atoms with Crippen LogP contribution < -0.4 is 5.43 Å². The first-order valence-electron chi connectivity index (χ1n) is 12.5. The summed E-state index contributed by atoms with van der Waals surface area (Å²) in [6, 6.07) is 26.3. The van der Waals surface area contributed by atoms with Crippen molar-refractivity contribution >= 4 is 46.6 Å². The normalized spacial score (nSPS) is 18.9. The Balaban J connectivity index is 1.53. The van der Waals surface area contributed by atoms with E-state index in [0.717, 1.165) is 11.1 Å². The molecule has 1 aliphatic rings. The lowest BCUT2D eigenvalue weighted by Crippen LogP contribution is -2.58. The molecule has 4 aromatic rings. The molecule has 0 saturated carbocycles. The molecule has 3 atom stereocenters. The van der Waals surface area contributed by atoms with E-state index in [4.69, 9.17) is 39.5 Å². The van der Waals surface area contributed by atoms with E-state index in [2.05, 4.69) is 5.43 Å². The fourth-order valence-electron chi connectivity index (χ4n) is 4.69. The average Bonchev–Trinajstić information content (AvgIpc) is 2.94. The maximum absolute atomic E-state index is 14.0.